The predicted octanol–water partition coefficient (Wildman–Crippen LogP) is 4.15. The summed E-state index contributed by atoms with van der Waals surface area (Å²) in [5.74, 6) is 2.31. The molecule has 5 nitrogen and oxygen atoms in total. The number of benzene rings is 1. The zero-order valence-corrected chi connectivity index (χ0v) is 14.2. The molecule has 0 spiro atoms. The molecule has 2 heterocycles. The smallest absolute Gasteiger partial charge is 0.136 e. The molecule has 0 aliphatic rings. The molecule has 0 saturated heterocycles. The van der Waals surface area contributed by atoms with Gasteiger partial charge in [0, 0.05) is 30.7 Å². The summed E-state index contributed by atoms with van der Waals surface area (Å²) in [7, 11) is 0. The Morgan fingerprint density at radius 1 is 0.917 bits per heavy atom. The number of nitrogens with zero attached hydrogens (tertiary/aromatic N) is 3. The van der Waals surface area contributed by atoms with E-state index >= 15 is 0 Å². The van der Waals surface area contributed by atoms with Gasteiger partial charge in [-0.3, -0.25) is 4.98 Å². The standard InChI is InChI=1S/C19H21N5/c1-13-5-4-6-17(14(13)2)24-19-11-18(22-15(3)23-19)21-12-16-7-9-20-10-8-16/h4-11H,12H2,1-3H3,(H2,21,22,23,24). The average Bonchev–Trinajstić information content (AvgIpc) is 2.58. The van der Waals surface area contributed by atoms with Gasteiger partial charge in [-0.15, -0.1) is 0 Å². The largest absolute Gasteiger partial charge is 0.366 e. The Balaban J connectivity index is 1.77. The van der Waals surface area contributed by atoms with E-state index < -0.39 is 0 Å². The molecule has 5 heteroatoms. The van der Waals surface area contributed by atoms with Gasteiger partial charge >= 0.3 is 0 Å². The SMILES string of the molecule is Cc1nc(NCc2ccncc2)cc(Nc2cccc(C)c2C)n1. The molecule has 0 saturated carbocycles. The van der Waals surface area contributed by atoms with Crippen molar-refractivity contribution in [3.63, 3.8) is 0 Å². The third-order valence-electron chi connectivity index (χ3n) is 3.93. The molecule has 0 atom stereocenters. The van der Waals surface area contributed by atoms with E-state index in [2.05, 4.69) is 51.6 Å². The number of nitrogens with one attached hydrogen (secondary N) is 2. The van der Waals surface area contributed by atoms with E-state index in [0.29, 0.717) is 6.54 Å². The lowest BCUT2D eigenvalue weighted by atomic mass is 10.1. The first-order valence-corrected chi connectivity index (χ1v) is 7.93. The highest BCUT2D eigenvalue weighted by Crippen LogP contribution is 2.23. The number of pyridine rings is 1. The number of hydrogen-bond donors (Lipinski definition) is 2. The Kier molecular flexibility index (Phi) is 4.70. The quantitative estimate of drug-likeness (QED) is 0.739. The van der Waals surface area contributed by atoms with Crippen LogP contribution in [0.3, 0.4) is 0 Å². The molecular formula is C19H21N5. The molecule has 0 fully saturated rings. The summed E-state index contributed by atoms with van der Waals surface area (Å²) < 4.78 is 0. The monoisotopic (exact) mass is 319 g/mol. The van der Waals surface area contributed by atoms with E-state index in [1.165, 1.54) is 11.1 Å². The summed E-state index contributed by atoms with van der Waals surface area (Å²) in [4.78, 5) is 13.0. The minimum absolute atomic E-state index is 0.696. The molecule has 0 unspecified atom stereocenters. The minimum atomic E-state index is 0.696. The molecule has 3 aromatic rings. The van der Waals surface area contributed by atoms with Gasteiger partial charge in [0.05, 0.1) is 0 Å². The zero-order valence-electron chi connectivity index (χ0n) is 14.2. The Hall–Kier alpha value is -2.95. The number of aromatic nitrogens is 3. The van der Waals surface area contributed by atoms with Crippen molar-refractivity contribution in [2.75, 3.05) is 10.6 Å². The van der Waals surface area contributed by atoms with Gasteiger partial charge in [0.2, 0.25) is 0 Å². The third-order valence-corrected chi connectivity index (χ3v) is 3.93. The highest BCUT2D eigenvalue weighted by atomic mass is 15.1. The number of hydrogen-bond acceptors (Lipinski definition) is 5. The van der Waals surface area contributed by atoms with Crippen LogP contribution in [-0.2, 0) is 6.54 Å². The maximum atomic E-state index is 4.48. The lowest BCUT2D eigenvalue weighted by Crippen LogP contribution is -2.05. The Bertz CT molecular complexity index is 830. The van der Waals surface area contributed by atoms with E-state index in [9.17, 15) is 0 Å². The van der Waals surface area contributed by atoms with Gasteiger partial charge < -0.3 is 10.6 Å². The molecule has 3 rings (SSSR count). The normalized spacial score (nSPS) is 10.5. The fourth-order valence-corrected chi connectivity index (χ4v) is 2.44. The van der Waals surface area contributed by atoms with Crippen LogP contribution in [0.1, 0.15) is 22.5 Å². The molecule has 1 aromatic carbocycles. The first-order valence-electron chi connectivity index (χ1n) is 7.93. The molecule has 0 aliphatic heterocycles. The summed E-state index contributed by atoms with van der Waals surface area (Å²) in [5, 5.41) is 6.73. The van der Waals surface area contributed by atoms with Gasteiger partial charge in [0.1, 0.15) is 17.5 Å². The molecular weight excluding hydrogens is 298 g/mol. The van der Waals surface area contributed by atoms with Crippen LogP contribution in [0.25, 0.3) is 0 Å². The molecule has 122 valence electrons. The van der Waals surface area contributed by atoms with Gasteiger partial charge in [-0.25, -0.2) is 9.97 Å². The second-order valence-electron chi connectivity index (χ2n) is 5.77. The van der Waals surface area contributed by atoms with E-state index in [1.807, 2.05) is 31.2 Å². The van der Waals surface area contributed by atoms with Crippen molar-refractivity contribution in [1.82, 2.24) is 15.0 Å². The lowest BCUT2D eigenvalue weighted by Gasteiger charge is -2.13. The van der Waals surface area contributed by atoms with E-state index in [1.54, 1.807) is 12.4 Å². The highest BCUT2D eigenvalue weighted by molar-refractivity contribution is 5.63. The average molecular weight is 319 g/mol. The first-order chi connectivity index (χ1) is 11.6. The molecule has 0 amide bonds. The van der Waals surface area contributed by atoms with Crippen molar-refractivity contribution in [3.05, 3.63) is 71.3 Å². The molecule has 0 bridgehead atoms. The van der Waals surface area contributed by atoms with Crippen LogP contribution in [0.2, 0.25) is 0 Å². The summed E-state index contributed by atoms with van der Waals surface area (Å²) in [5.41, 5.74) is 4.69. The molecule has 0 radical (unpaired) electrons. The zero-order chi connectivity index (χ0) is 16.9. The van der Waals surface area contributed by atoms with Crippen molar-refractivity contribution < 1.29 is 0 Å². The second-order valence-corrected chi connectivity index (χ2v) is 5.77. The van der Waals surface area contributed by atoms with Gasteiger partial charge in [0.15, 0.2) is 0 Å². The maximum Gasteiger partial charge on any atom is 0.136 e. The molecule has 24 heavy (non-hydrogen) atoms. The van der Waals surface area contributed by atoms with Crippen LogP contribution < -0.4 is 10.6 Å². The Labute approximate surface area is 142 Å². The van der Waals surface area contributed by atoms with Crippen molar-refractivity contribution >= 4 is 17.3 Å². The number of rotatable bonds is 5. The predicted molar refractivity (Wildman–Crippen MR) is 97.5 cm³/mol. The molecule has 2 aromatic heterocycles. The van der Waals surface area contributed by atoms with Crippen LogP contribution in [0.5, 0.6) is 0 Å². The fourth-order valence-electron chi connectivity index (χ4n) is 2.44. The molecule has 0 aliphatic carbocycles. The van der Waals surface area contributed by atoms with Gasteiger partial charge in [-0.1, -0.05) is 12.1 Å². The topological polar surface area (TPSA) is 62.7 Å². The second kappa shape index (κ2) is 7.08. The molecule has 2 N–H and O–H groups in total. The lowest BCUT2D eigenvalue weighted by molar-refractivity contribution is 1.02. The fraction of sp³-hybridized carbons (Fsp3) is 0.211. The van der Waals surface area contributed by atoms with Gasteiger partial charge in [0.25, 0.3) is 0 Å². The summed E-state index contributed by atoms with van der Waals surface area (Å²) >= 11 is 0. The van der Waals surface area contributed by atoms with Gasteiger partial charge in [-0.2, -0.15) is 0 Å². The minimum Gasteiger partial charge on any atom is -0.366 e. The van der Waals surface area contributed by atoms with Crippen molar-refractivity contribution in [1.29, 1.82) is 0 Å². The van der Waals surface area contributed by atoms with E-state index in [-0.39, 0.29) is 0 Å². The summed E-state index contributed by atoms with van der Waals surface area (Å²) in [6.45, 7) is 6.80. The van der Waals surface area contributed by atoms with Crippen LogP contribution in [-0.4, -0.2) is 15.0 Å². The number of anilines is 3. The highest BCUT2D eigenvalue weighted by Gasteiger charge is 2.05. The Morgan fingerprint density at radius 2 is 1.67 bits per heavy atom. The van der Waals surface area contributed by atoms with Crippen molar-refractivity contribution in [2.24, 2.45) is 0 Å². The Morgan fingerprint density at radius 3 is 2.46 bits per heavy atom. The van der Waals surface area contributed by atoms with Crippen molar-refractivity contribution in [3.8, 4) is 0 Å². The van der Waals surface area contributed by atoms with Crippen molar-refractivity contribution in [2.45, 2.75) is 27.3 Å². The number of aryl methyl sites for hydroxylation is 2. The first kappa shape index (κ1) is 15.9. The van der Waals surface area contributed by atoms with Crippen LogP contribution in [0, 0.1) is 20.8 Å². The van der Waals surface area contributed by atoms with E-state index in [0.717, 1.165) is 28.7 Å². The van der Waals surface area contributed by atoms with Crippen LogP contribution >= 0.6 is 0 Å². The summed E-state index contributed by atoms with van der Waals surface area (Å²) in [6.07, 6.45) is 3.57. The van der Waals surface area contributed by atoms with E-state index in [4.69, 9.17) is 0 Å². The van der Waals surface area contributed by atoms with Crippen LogP contribution in [0.4, 0.5) is 17.3 Å². The maximum absolute atomic E-state index is 4.48. The van der Waals surface area contributed by atoms with Crippen LogP contribution in [0.15, 0.2) is 48.8 Å². The summed E-state index contributed by atoms with van der Waals surface area (Å²) in [6, 6.07) is 12.1. The van der Waals surface area contributed by atoms with Gasteiger partial charge in [-0.05, 0) is 55.7 Å². The third kappa shape index (κ3) is 3.87.